The Bertz CT molecular complexity index is 527. The lowest BCUT2D eigenvalue weighted by molar-refractivity contribution is 0.233. The minimum atomic E-state index is -0.0130. The molecule has 5 heteroatoms. The maximum absolute atomic E-state index is 6.01. The highest BCUT2D eigenvalue weighted by atomic mass is 35.5. The predicted octanol–water partition coefficient (Wildman–Crippen LogP) is 3.23. The summed E-state index contributed by atoms with van der Waals surface area (Å²) in [6, 6.07) is 5.29. The number of hydrogen-bond donors (Lipinski definition) is 1. The number of halogens is 1. The minimum Gasteiger partial charge on any atom is -0.473 e. The molecule has 0 saturated carbocycles. The van der Waals surface area contributed by atoms with Gasteiger partial charge in [-0.1, -0.05) is 31.9 Å². The quantitative estimate of drug-likeness (QED) is 0.904. The normalized spacial score (nSPS) is 14.7. The SMILES string of the molecule is CCC(C)C(N)COc1noc2ccc(Cl)cc12. The summed E-state index contributed by atoms with van der Waals surface area (Å²) in [5.41, 5.74) is 6.67. The van der Waals surface area contributed by atoms with E-state index in [0.29, 0.717) is 29.0 Å². The molecule has 2 N–H and O–H groups in total. The van der Waals surface area contributed by atoms with Crippen LogP contribution in [-0.4, -0.2) is 17.8 Å². The average Bonchev–Trinajstić information content (AvgIpc) is 2.77. The summed E-state index contributed by atoms with van der Waals surface area (Å²) in [5, 5.41) is 5.29. The Labute approximate surface area is 111 Å². The van der Waals surface area contributed by atoms with Crippen LogP contribution < -0.4 is 10.5 Å². The van der Waals surface area contributed by atoms with Gasteiger partial charge in [0, 0.05) is 11.1 Å². The summed E-state index contributed by atoms with van der Waals surface area (Å²) >= 11 is 5.93. The lowest BCUT2D eigenvalue weighted by Crippen LogP contribution is -2.34. The monoisotopic (exact) mass is 268 g/mol. The van der Waals surface area contributed by atoms with Crippen molar-refractivity contribution in [3.05, 3.63) is 23.2 Å². The molecule has 0 radical (unpaired) electrons. The first kappa shape index (κ1) is 13.2. The maximum Gasteiger partial charge on any atom is 0.262 e. The van der Waals surface area contributed by atoms with Crippen molar-refractivity contribution in [1.29, 1.82) is 0 Å². The molecule has 2 aromatic rings. The summed E-state index contributed by atoms with van der Waals surface area (Å²) in [4.78, 5) is 0. The molecule has 1 aromatic carbocycles. The van der Waals surface area contributed by atoms with Gasteiger partial charge in [-0.15, -0.1) is 0 Å². The second-order valence-corrected chi connectivity index (χ2v) is 4.93. The average molecular weight is 269 g/mol. The van der Waals surface area contributed by atoms with Crippen molar-refractivity contribution in [3.8, 4) is 5.88 Å². The fourth-order valence-electron chi connectivity index (χ4n) is 1.64. The summed E-state index contributed by atoms with van der Waals surface area (Å²) < 4.78 is 10.8. The van der Waals surface area contributed by atoms with Crippen LogP contribution in [0.25, 0.3) is 11.0 Å². The fourth-order valence-corrected chi connectivity index (χ4v) is 1.81. The third-order valence-corrected chi connectivity index (χ3v) is 3.42. The van der Waals surface area contributed by atoms with E-state index < -0.39 is 0 Å². The molecular formula is C13H17ClN2O2. The van der Waals surface area contributed by atoms with Crippen molar-refractivity contribution in [2.24, 2.45) is 11.7 Å². The second kappa shape index (κ2) is 5.59. The molecule has 4 nitrogen and oxygen atoms in total. The van der Waals surface area contributed by atoms with Crippen LogP contribution in [0.3, 0.4) is 0 Å². The van der Waals surface area contributed by atoms with E-state index in [1.165, 1.54) is 0 Å². The van der Waals surface area contributed by atoms with E-state index in [1.807, 2.05) is 0 Å². The third-order valence-electron chi connectivity index (χ3n) is 3.19. The van der Waals surface area contributed by atoms with Crippen LogP contribution in [0.5, 0.6) is 5.88 Å². The molecule has 1 heterocycles. The molecule has 0 aliphatic rings. The van der Waals surface area contributed by atoms with Crippen LogP contribution in [0.1, 0.15) is 20.3 Å². The predicted molar refractivity (Wildman–Crippen MR) is 71.9 cm³/mol. The molecule has 0 aliphatic carbocycles. The maximum atomic E-state index is 6.01. The van der Waals surface area contributed by atoms with E-state index in [-0.39, 0.29) is 6.04 Å². The first-order chi connectivity index (χ1) is 8.61. The molecule has 0 amide bonds. The first-order valence-electron chi connectivity index (χ1n) is 6.05. The molecule has 0 spiro atoms. The van der Waals surface area contributed by atoms with Crippen LogP contribution in [0.15, 0.2) is 22.7 Å². The van der Waals surface area contributed by atoms with Gasteiger partial charge in [-0.05, 0) is 29.3 Å². The van der Waals surface area contributed by atoms with E-state index in [2.05, 4.69) is 19.0 Å². The van der Waals surface area contributed by atoms with Gasteiger partial charge in [0.2, 0.25) is 0 Å². The number of nitrogens with two attached hydrogens (primary N) is 1. The molecule has 18 heavy (non-hydrogen) atoms. The van der Waals surface area contributed by atoms with Crippen LogP contribution in [-0.2, 0) is 0 Å². The van der Waals surface area contributed by atoms with Gasteiger partial charge >= 0.3 is 0 Å². The number of rotatable bonds is 5. The van der Waals surface area contributed by atoms with Crippen LogP contribution in [0, 0.1) is 5.92 Å². The Morgan fingerprint density at radius 2 is 2.28 bits per heavy atom. The molecule has 2 unspecified atom stereocenters. The van der Waals surface area contributed by atoms with Crippen molar-refractivity contribution < 1.29 is 9.26 Å². The van der Waals surface area contributed by atoms with E-state index in [9.17, 15) is 0 Å². The van der Waals surface area contributed by atoms with Gasteiger partial charge < -0.3 is 15.0 Å². The number of nitrogens with zero attached hydrogens (tertiary/aromatic N) is 1. The van der Waals surface area contributed by atoms with Gasteiger partial charge in [-0.25, -0.2) is 0 Å². The van der Waals surface area contributed by atoms with E-state index >= 15 is 0 Å². The largest absolute Gasteiger partial charge is 0.473 e. The molecule has 0 fully saturated rings. The minimum absolute atomic E-state index is 0.0130. The van der Waals surface area contributed by atoms with Crippen molar-refractivity contribution >= 4 is 22.6 Å². The zero-order chi connectivity index (χ0) is 13.1. The number of aromatic nitrogens is 1. The molecule has 0 saturated heterocycles. The zero-order valence-corrected chi connectivity index (χ0v) is 11.3. The Hall–Kier alpha value is -1.26. The highest BCUT2D eigenvalue weighted by molar-refractivity contribution is 6.31. The van der Waals surface area contributed by atoms with Gasteiger partial charge in [0.05, 0.1) is 5.39 Å². The second-order valence-electron chi connectivity index (χ2n) is 4.49. The summed E-state index contributed by atoms with van der Waals surface area (Å²) in [6.45, 7) is 4.63. The Balaban J connectivity index is 2.10. The molecule has 98 valence electrons. The highest BCUT2D eigenvalue weighted by Crippen LogP contribution is 2.27. The summed E-state index contributed by atoms with van der Waals surface area (Å²) in [5.74, 6) is 0.859. The zero-order valence-electron chi connectivity index (χ0n) is 10.5. The van der Waals surface area contributed by atoms with Gasteiger partial charge in [0.25, 0.3) is 5.88 Å². The number of hydrogen-bond acceptors (Lipinski definition) is 4. The molecule has 2 rings (SSSR count). The summed E-state index contributed by atoms with van der Waals surface area (Å²) in [7, 11) is 0. The number of ether oxygens (including phenoxy) is 1. The molecular weight excluding hydrogens is 252 g/mol. The Morgan fingerprint density at radius 1 is 1.50 bits per heavy atom. The smallest absolute Gasteiger partial charge is 0.262 e. The van der Waals surface area contributed by atoms with Crippen molar-refractivity contribution in [3.63, 3.8) is 0 Å². The molecule has 0 aliphatic heterocycles. The van der Waals surface area contributed by atoms with Crippen molar-refractivity contribution in [1.82, 2.24) is 5.16 Å². The number of fused-ring (bicyclic) bond motifs is 1. The van der Waals surface area contributed by atoms with Gasteiger partial charge in [-0.2, -0.15) is 0 Å². The van der Waals surface area contributed by atoms with E-state index in [0.717, 1.165) is 11.8 Å². The van der Waals surface area contributed by atoms with Crippen LogP contribution in [0.2, 0.25) is 5.02 Å². The third kappa shape index (κ3) is 2.76. The Morgan fingerprint density at radius 3 is 3.00 bits per heavy atom. The van der Waals surface area contributed by atoms with Gasteiger partial charge in [-0.3, -0.25) is 0 Å². The van der Waals surface area contributed by atoms with E-state index in [1.54, 1.807) is 18.2 Å². The summed E-state index contributed by atoms with van der Waals surface area (Å²) in [6.07, 6.45) is 1.02. The lowest BCUT2D eigenvalue weighted by atomic mass is 10.0. The van der Waals surface area contributed by atoms with Crippen LogP contribution in [0.4, 0.5) is 0 Å². The topological polar surface area (TPSA) is 61.3 Å². The lowest BCUT2D eigenvalue weighted by Gasteiger charge is -2.17. The van der Waals surface area contributed by atoms with Crippen molar-refractivity contribution in [2.75, 3.05) is 6.61 Å². The van der Waals surface area contributed by atoms with Crippen LogP contribution >= 0.6 is 11.6 Å². The molecule has 2 atom stereocenters. The fraction of sp³-hybridized carbons (Fsp3) is 0.462. The van der Waals surface area contributed by atoms with Gasteiger partial charge in [0.1, 0.15) is 6.61 Å². The molecule has 1 aromatic heterocycles. The number of benzene rings is 1. The van der Waals surface area contributed by atoms with E-state index in [4.69, 9.17) is 26.6 Å². The van der Waals surface area contributed by atoms with Gasteiger partial charge in [0.15, 0.2) is 5.58 Å². The van der Waals surface area contributed by atoms with Crippen molar-refractivity contribution in [2.45, 2.75) is 26.3 Å². The first-order valence-corrected chi connectivity index (χ1v) is 6.43. The standard InChI is InChI=1S/C13H17ClN2O2/c1-3-8(2)11(15)7-17-13-10-6-9(14)4-5-12(10)18-16-13/h4-6,8,11H,3,7,15H2,1-2H3. The molecule has 0 bridgehead atoms. The highest BCUT2D eigenvalue weighted by Gasteiger charge is 2.15. The Kier molecular flexibility index (Phi) is 4.09.